The molecule has 0 bridgehead atoms. The molecule has 1 fully saturated rings. The molecule has 2 aromatic rings. The van der Waals surface area contributed by atoms with E-state index in [-0.39, 0.29) is 17.2 Å². The number of nitrogens with zero attached hydrogens (tertiary/aromatic N) is 4. The minimum Gasteiger partial charge on any atom is -0.379 e. The van der Waals surface area contributed by atoms with E-state index in [1.54, 1.807) is 11.3 Å². The van der Waals surface area contributed by atoms with Gasteiger partial charge in [-0.2, -0.15) is 4.68 Å². The smallest absolute Gasteiger partial charge is 0.264 e. The Kier molecular flexibility index (Phi) is 3.77. The third-order valence-electron chi connectivity index (χ3n) is 3.93. The van der Waals surface area contributed by atoms with E-state index in [0.29, 0.717) is 11.0 Å². The third-order valence-corrected chi connectivity index (χ3v) is 6.06. The fraction of sp³-hybridized carbons (Fsp3) is 0.500. The van der Waals surface area contributed by atoms with Crippen LogP contribution < -0.4 is 0 Å². The Hall–Kier alpha value is -1.22. The van der Waals surface area contributed by atoms with Crippen LogP contribution in [0.1, 0.15) is 21.5 Å². The minimum absolute atomic E-state index is 0.0329. The summed E-state index contributed by atoms with van der Waals surface area (Å²) in [5.41, 5.74) is 0. The van der Waals surface area contributed by atoms with Crippen molar-refractivity contribution in [3.8, 4) is 0 Å². The Labute approximate surface area is 136 Å². The summed E-state index contributed by atoms with van der Waals surface area (Å²) in [5, 5.41) is 6.81. The van der Waals surface area contributed by atoms with Crippen molar-refractivity contribution >= 4 is 29.0 Å². The van der Waals surface area contributed by atoms with Gasteiger partial charge in [-0.05, 0) is 18.4 Å². The first-order valence-corrected chi connectivity index (χ1v) is 9.00. The second-order valence-electron chi connectivity index (χ2n) is 5.34. The van der Waals surface area contributed by atoms with Crippen molar-refractivity contribution in [1.82, 2.24) is 19.7 Å². The number of hydrogen-bond acceptors (Lipinski definition) is 7. The van der Waals surface area contributed by atoms with Crippen LogP contribution in [0, 0.1) is 6.92 Å². The van der Waals surface area contributed by atoms with Gasteiger partial charge in [-0.3, -0.25) is 9.69 Å². The van der Waals surface area contributed by atoms with Gasteiger partial charge >= 0.3 is 0 Å². The van der Waals surface area contributed by atoms with Crippen LogP contribution in [0.3, 0.4) is 0 Å². The molecule has 116 valence electrons. The molecule has 0 saturated carbocycles. The van der Waals surface area contributed by atoms with E-state index in [2.05, 4.69) is 26.4 Å². The molecule has 2 aliphatic rings. The number of fused-ring (bicyclic) bond motifs is 1. The molecule has 0 aliphatic carbocycles. The quantitative estimate of drug-likeness (QED) is 0.852. The largest absolute Gasteiger partial charge is 0.379 e. The van der Waals surface area contributed by atoms with Crippen molar-refractivity contribution in [2.75, 3.05) is 26.3 Å². The molecular formula is C14H16N4O2S2. The lowest BCUT2D eigenvalue weighted by Crippen LogP contribution is -2.44. The van der Waals surface area contributed by atoms with Crippen LogP contribution in [0.15, 0.2) is 22.7 Å². The van der Waals surface area contributed by atoms with Gasteiger partial charge in [0.25, 0.3) is 5.91 Å². The van der Waals surface area contributed by atoms with Gasteiger partial charge in [-0.25, -0.2) is 4.98 Å². The lowest BCUT2D eigenvalue weighted by Gasteiger charge is -2.35. The van der Waals surface area contributed by atoms with Crippen LogP contribution in [0.25, 0.3) is 0 Å². The van der Waals surface area contributed by atoms with Crippen molar-refractivity contribution in [1.29, 1.82) is 0 Å². The molecule has 4 heterocycles. The van der Waals surface area contributed by atoms with E-state index in [0.717, 1.165) is 26.3 Å². The van der Waals surface area contributed by atoms with Crippen LogP contribution >= 0.6 is 23.1 Å². The second kappa shape index (κ2) is 5.77. The molecule has 0 amide bonds. The zero-order valence-electron chi connectivity index (χ0n) is 12.1. The molecule has 2 aromatic heterocycles. The van der Waals surface area contributed by atoms with Gasteiger partial charge in [0.05, 0.1) is 19.3 Å². The van der Waals surface area contributed by atoms with Crippen molar-refractivity contribution < 1.29 is 9.53 Å². The topological polar surface area (TPSA) is 60.2 Å². The SMILES string of the molecule is Cc1nc2n(n1)C(=O)C(C(c1cccs1)N1CCOCC1)S2. The van der Waals surface area contributed by atoms with Crippen LogP contribution in [-0.4, -0.2) is 57.1 Å². The maximum absolute atomic E-state index is 12.8. The fourth-order valence-electron chi connectivity index (χ4n) is 2.94. The predicted molar refractivity (Wildman–Crippen MR) is 84.5 cm³/mol. The summed E-state index contributed by atoms with van der Waals surface area (Å²) in [6.45, 7) is 4.95. The highest BCUT2D eigenvalue weighted by molar-refractivity contribution is 8.01. The lowest BCUT2D eigenvalue weighted by atomic mass is 10.1. The molecule has 2 aliphatic heterocycles. The molecule has 22 heavy (non-hydrogen) atoms. The Bertz CT molecular complexity index is 679. The Morgan fingerprint density at radius 2 is 2.23 bits per heavy atom. The van der Waals surface area contributed by atoms with Crippen molar-refractivity contribution in [3.05, 3.63) is 28.2 Å². The van der Waals surface area contributed by atoms with Gasteiger partial charge in [-0.1, -0.05) is 17.8 Å². The molecule has 8 heteroatoms. The summed E-state index contributed by atoms with van der Waals surface area (Å²) in [6, 6.07) is 4.21. The van der Waals surface area contributed by atoms with Crippen molar-refractivity contribution in [2.24, 2.45) is 0 Å². The van der Waals surface area contributed by atoms with Gasteiger partial charge < -0.3 is 4.74 Å². The first-order chi connectivity index (χ1) is 10.7. The molecule has 2 atom stereocenters. The van der Waals surface area contributed by atoms with E-state index >= 15 is 0 Å². The average Bonchev–Trinajstić information content (AvgIpc) is 3.22. The summed E-state index contributed by atoms with van der Waals surface area (Å²) in [7, 11) is 0. The molecule has 0 radical (unpaired) electrons. The highest BCUT2D eigenvalue weighted by atomic mass is 32.2. The molecule has 6 nitrogen and oxygen atoms in total. The number of carbonyl (C=O) groups is 1. The van der Waals surface area contributed by atoms with Gasteiger partial charge in [0, 0.05) is 18.0 Å². The number of aromatic nitrogens is 3. The number of thiophene rings is 1. The van der Waals surface area contributed by atoms with E-state index in [1.807, 2.05) is 13.0 Å². The summed E-state index contributed by atoms with van der Waals surface area (Å²) < 4.78 is 6.92. The van der Waals surface area contributed by atoms with E-state index < -0.39 is 0 Å². The molecule has 1 saturated heterocycles. The normalized spacial score (nSPS) is 23.7. The number of rotatable bonds is 3. The minimum atomic E-state index is -0.188. The Morgan fingerprint density at radius 1 is 1.41 bits per heavy atom. The van der Waals surface area contributed by atoms with Gasteiger partial charge in [0.15, 0.2) is 5.16 Å². The molecule has 4 rings (SSSR count). The van der Waals surface area contributed by atoms with Crippen LogP contribution in [0.5, 0.6) is 0 Å². The van der Waals surface area contributed by atoms with E-state index in [1.165, 1.54) is 21.3 Å². The zero-order chi connectivity index (χ0) is 15.1. The number of thioether (sulfide) groups is 1. The highest BCUT2D eigenvalue weighted by Gasteiger charge is 2.43. The highest BCUT2D eigenvalue weighted by Crippen LogP contribution is 2.42. The summed E-state index contributed by atoms with van der Waals surface area (Å²) in [5.74, 6) is 0.679. The van der Waals surface area contributed by atoms with E-state index in [4.69, 9.17) is 4.74 Å². The summed E-state index contributed by atoms with van der Waals surface area (Å²) >= 11 is 3.23. The fourth-order valence-corrected chi connectivity index (χ4v) is 5.21. The first kappa shape index (κ1) is 14.4. The zero-order valence-corrected chi connectivity index (χ0v) is 13.8. The number of ether oxygens (including phenoxy) is 1. The predicted octanol–water partition coefficient (Wildman–Crippen LogP) is 1.84. The molecule has 0 N–H and O–H groups in total. The number of aryl methyl sites for hydroxylation is 1. The molecule has 0 aromatic carbocycles. The van der Waals surface area contributed by atoms with Crippen LogP contribution in [-0.2, 0) is 4.74 Å². The van der Waals surface area contributed by atoms with E-state index in [9.17, 15) is 4.79 Å². The maximum atomic E-state index is 12.8. The summed E-state index contributed by atoms with van der Waals surface area (Å²) in [4.78, 5) is 20.7. The monoisotopic (exact) mass is 336 g/mol. The standard InChI is InChI=1S/C14H16N4O2S2/c1-9-15-14-18(16-9)13(19)12(22-14)11(10-3-2-8-21-10)17-4-6-20-7-5-17/h2-3,8,11-12H,4-7H2,1H3. The second-order valence-corrected chi connectivity index (χ2v) is 7.43. The number of carbonyl (C=O) groups excluding carboxylic acids is 1. The molecule has 2 unspecified atom stereocenters. The molecular weight excluding hydrogens is 320 g/mol. The molecule has 0 spiro atoms. The lowest BCUT2D eigenvalue weighted by molar-refractivity contribution is 0.0159. The Balaban J connectivity index is 1.67. The van der Waals surface area contributed by atoms with Crippen molar-refractivity contribution in [2.45, 2.75) is 23.4 Å². The van der Waals surface area contributed by atoms with Gasteiger partial charge in [0.1, 0.15) is 11.1 Å². The summed E-state index contributed by atoms with van der Waals surface area (Å²) in [6.07, 6.45) is 0. The number of hydrogen-bond donors (Lipinski definition) is 0. The van der Waals surface area contributed by atoms with Gasteiger partial charge in [-0.15, -0.1) is 16.4 Å². The Morgan fingerprint density at radius 3 is 2.91 bits per heavy atom. The third kappa shape index (κ3) is 2.40. The first-order valence-electron chi connectivity index (χ1n) is 7.24. The van der Waals surface area contributed by atoms with Crippen molar-refractivity contribution in [3.63, 3.8) is 0 Å². The van der Waals surface area contributed by atoms with Crippen LogP contribution in [0.2, 0.25) is 0 Å². The number of morpholine rings is 1. The van der Waals surface area contributed by atoms with Crippen LogP contribution in [0.4, 0.5) is 0 Å². The van der Waals surface area contributed by atoms with Gasteiger partial charge in [0.2, 0.25) is 0 Å². The maximum Gasteiger partial charge on any atom is 0.264 e. The average molecular weight is 336 g/mol.